The summed E-state index contributed by atoms with van der Waals surface area (Å²) in [6.07, 6.45) is 15.3. The first kappa shape index (κ1) is 19.9. The maximum absolute atomic E-state index is 11.5. The van der Waals surface area contributed by atoms with Crippen LogP contribution in [0.3, 0.4) is 0 Å². The highest BCUT2D eigenvalue weighted by atomic mass is 79.9. The van der Waals surface area contributed by atoms with Gasteiger partial charge in [0.05, 0.1) is 6.61 Å². The number of esters is 1. The molecule has 2 nitrogen and oxygen atoms in total. The van der Waals surface area contributed by atoms with Crippen molar-refractivity contribution in [3.8, 4) is 0 Å². The van der Waals surface area contributed by atoms with Crippen molar-refractivity contribution in [1.29, 1.82) is 0 Å². The van der Waals surface area contributed by atoms with Gasteiger partial charge in [-0.15, -0.1) is 0 Å². The number of rotatable bonds is 15. The topological polar surface area (TPSA) is 26.3 Å². The van der Waals surface area contributed by atoms with E-state index in [0.29, 0.717) is 13.0 Å². The Labute approximate surface area is 134 Å². The molecule has 0 aliphatic heterocycles. The molecule has 0 N–H and O–H groups in total. The molecule has 3 heteroatoms. The number of carbonyl (C=O) groups is 1. The molecule has 120 valence electrons. The molecular formula is C17H33BrO2. The second-order valence-corrected chi connectivity index (χ2v) is 6.34. The fourth-order valence-electron chi connectivity index (χ4n) is 2.21. The van der Waals surface area contributed by atoms with Crippen molar-refractivity contribution in [2.45, 2.75) is 90.4 Å². The summed E-state index contributed by atoms with van der Waals surface area (Å²) in [5.74, 6) is -0.000911. The zero-order valence-electron chi connectivity index (χ0n) is 13.3. The van der Waals surface area contributed by atoms with Crippen LogP contribution in [0.2, 0.25) is 0 Å². The third kappa shape index (κ3) is 16.0. The van der Waals surface area contributed by atoms with Gasteiger partial charge in [0.1, 0.15) is 0 Å². The summed E-state index contributed by atoms with van der Waals surface area (Å²) in [5, 5.41) is 1.10. The maximum Gasteiger partial charge on any atom is 0.305 e. The van der Waals surface area contributed by atoms with E-state index >= 15 is 0 Å². The van der Waals surface area contributed by atoms with Crippen molar-refractivity contribution < 1.29 is 9.53 Å². The van der Waals surface area contributed by atoms with Crippen molar-refractivity contribution >= 4 is 21.9 Å². The summed E-state index contributed by atoms with van der Waals surface area (Å²) >= 11 is 3.43. The van der Waals surface area contributed by atoms with Gasteiger partial charge in [0.2, 0.25) is 0 Å². The molecule has 0 aromatic carbocycles. The number of hydrogen-bond donors (Lipinski definition) is 0. The molecule has 0 saturated carbocycles. The third-order valence-corrected chi connectivity index (χ3v) is 4.09. The molecule has 0 aromatic heterocycles. The summed E-state index contributed by atoms with van der Waals surface area (Å²) < 4.78 is 5.25. The Bertz CT molecular complexity index is 187. The van der Waals surface area contributed by atoms with Crippen LogP contribution in [0.4, 0.5) is 0 Å². The standard InChI is InChI=1S/C17H33BrO2/c1-2-3-4-5-6-8-11-14-17(19)20-16-13-10-7-9-12-15-18/h2-16H2,1H3. The Kier molecular flexibility index (Phi) is 17.0. The van der Waals surface area contributed by atoms with E-state index in [9.17, 15) is 4.79 Å². The number of unbranched alkanes of at least 4 members (excludes halogenated alkanes) is 10. The van der Waals surface area contributed by atoms with Gasteiger partial charge in [-0.3, -0.25) is 4.79 Å². The summed E-state index contributed by atoms with van der Waals surface area (Å²) in [6.45, 7) is 2.85. The Balaban J connectivity index is 3.13. The molecule has 0 rings (SSSR count). The monoisotopic (exact) mass is 348 g/mol. The average molecular weight is 349 g/mol. The third-order valence-electron chi connectivity index (χ3n) is 3.53. The van der Waals surface area contributed by atoms with E-state index in [-0.39, 0.29) is 5.97 Å². The van der Waals surface area contributed by atoms with Crippen LogP contribution in [-0.4, -0.2) is 17.9 Å². The molecule has 0 heterocycles. The fourth-order valence-corrected chi connectivity index (χ4v) is 2.61. The van der Waals surface area contributed by atoms with Gasteiger partial charge in [0.15, 0.2) is 0 Å². The highest BCUT2D eigenvalue weighted by Gasteiger charge is 2.02. The lowest BCUT2D eigenvalue weighted by atomic mass is 10.1. The molecule has 0 spiro atoms. The van der Waals surface area contributed by atoms with Gasteiger partial charge in [-0.05, 0) is 19.3 Å². The minimum atomic E-state index is -0.000911. The van der Waals surface area contributed by atoms with E-state index in [2.05, 4.69) is 22.9 Å². The lowest BCUT2D eigenvalue weighted by Crippen LogP contribution is -2.05. The van der Waals surface area contributed by atoms with Crippen molar-refractivity contribution in [3.05, 3.63) is 0 Å². The summed E-state index contributed by atoms with van der Waals surface area (Å²) in [4.78, 5) is 11.5. The molecule has 0 atom stereocenters. The Morgan fingerprint density at radius 2 is 1.35 bits per heavy atom. The van der Waals surface area contributed by atoms with Gasteiger partial charge in [0.25, 0.3) is 0 Å². The number of hydrogen-bond acceptors (Lipinski definition) is 2. The molecule has 0 aliphatic carbocycles. The van der Waals surface area contributed by atoms with Crippen molar-refractivity contribution in [3.63, 3.8) is 0 Å². The van der Waals surface area contributed by atoms with Crippen molar-refractivity contribution in [2.24, 2.45) is 0 Å². The van der Waals surface area contributed by atoms with E-state index in [1.807, 2.05) is 0 Å². The molecule has 0 aliphatic rings. The highest BCUT2D eigenvalue weighted by Crippen LogP contribution is 2.09. The van der Waals surface area contributed by atoms with Crippen LogP contribution in [-0.2, 0) is 9.53 Å². The van der Waals surface area contributed by atoms with Gasteiger partial charge in [0, 0.05) is 11.8 Å². The van der Waals surface area contributed by atoms with Crippen LogP contribution < -0.4 is 0 Å². The Morgan fingerprint density at radius 1 is 0.800 bits per heavy atom. The second-order valence-electron chi connectivity index (χ2n) is 5.55. The van der Waals surface area contributed by atoms with Gasteiger partial charge < -0.3 is 4.74 Å². The smallest absolute Gasteiger partial charge is 0.305 e. The first-order valence-corrected chi connectivity index (χ1v) is 9.65. The SMILES string of the molecule is CCCCCCCCCC(=O)OCCCCCCCBr. The normalized spacial score (nSPS) is 10.7. The molecular weight excluding hydrogens is 316 g/mol. The minimum Gasteiger partial charge on any atom is -0.466 e. The summed E-state index contributed by atoms with van der Waals surface area (Å²) in [5.41, 5.74) is 0. The van der Waals surface area contributed by atoms with E-state index in [4.69, 9.17) is 4.74 Å². The van der Waals surface area contributed by atoms with Gasteiger partial charge in [-0.1, -0.05) is 80.6 Å². The molecule has 0 unspecified atom stereocenters. The average Bonchev–Trinajstić information content (AvgIpc) is 2.45. The summed E-state index contributed by atoms with van der Waals surface area (Å²) in [6, 6.07) is 0. The zero-order chi connectivity index (χ0) is 14.9. The lowest BCUT2D eigenvalue weighted by Gasteiger charge is -2.05. The molecule has 0 radical (unpaired) electrons. The lowest BCUT2D eigenvalue weighted by molar-refractivity contribution is -0.143. The number of carbonyl (C=O) groups excluding carboxylic acids is 1. The van der Waals surface area contributed by atoms with Gasteiger partial charge >= 0.3 is 5.97 Å². The van der Waals surface area contributed by atoms with E-state index in [1.54, 1.807) is 0 Å². The second kappa shape index (κ2) is 17.0. The number of halogens is 1. The van der Waals surface area contributed by atoms with E-state index < -0.39 is 0 Å². The van der Waals surface area contributed by atoms with Crippen molar-refractivity contribution in [1.82, 2.24) is 0 Å². The predicted octanol–water partition coefficient (Wildman–Crippen LogP) is 6.02. The fraction of sp³-hybridized carbons (Fsp3) is 0.941. The molecule has 0 amide bonds. The van der Waals surface area contributed by atoms with Crippen molar-refractivity contribution in [2.75, 3.05) is 11.9 Å². The minimum absolute atomic E-state index is 0.000911. The maximum atomic E-state index is 11.5. The molecule has 0 aromatic rings. The van der Waals surface area contributed by atoms with Gasteiger partial charge in [-0.25, -0.2) is 0 Å². The van der Waals surface area contributed by atoms with E-state index in [0.717, 1.165) is 18.2 Å². The molecule has 0 saturated heterocycles. The quantitative estimate of drug-likeness (QED) is 0.205. The molecule has 20 heavy (non-hydrogen) atoms. The number of ether oxygens (including phenoxy) is 1. The Morgan fingerprint density at radius 3 is 2.00 bits per heavy atom. The van der Waals surface area contributed by atoms with Crippen LogP contribution >= 0.6 is 15.9 Å². The van der Waals surface area contributed by atoms with Crippen LogP contribution in [0, 0.1) is 0 Å². The Hall–Kier alpha value is -0.0500. The first-order valence-electron chi connectivity index (χ1n) is 8.52. The highest BCUT2D eigenvalue weighted by molar-refractivity contribution is 9.09. The van der Waals surface area contributed by atoms with Crippen LogP contribution in [0.25, 0.3) is 0 Å². The molecule has 0 fully saturated rings. The molecule has 0 bridgehead atoms. The summed E-state index contributed by atoms with van der Waals surface area (Å²) in [7, 11) is 0. The van der Waals surface area contributed by atoms with Crippen LogP contribution in [0.15, 0.2) is 0 Å². The van der Waals surface area contributed by atoms with E-state index in [1.165, 1.54) is 64.2 Å². The van der Waals surface area contributed by atoms with Gasteiger partial charge in [-0.2, -0.15) is 0 Å². The first-order chi connectivity index (χ1) is 9.81. The zero-order valence-corrected chi connectivity index (χ0v) is 14.9. The van der Waals surface area contributed by atoms with Crippen LogP contribution in [0.5, 0.6) is 0 Å². The predicted molar refractivity (Wildman–Crippen MR) is 90.4 cm³/mol. The largest absolute Gasteiger partial charge is 0.466 e. The van der Waals surface area contributed by atoms with Crippen LogP contribution in [0.1, 0.15) is 90.4 Å². The number of alkyl halides is 1.